The number of carbonyl (C=O) groups is 1. The van der Waals surface area contributed by atoms with Crippen molar-refractivity contribution in [1.82, 2.24) is 0 Å². The number of carbonyl (C=O) groups excluding carboxylic acids is 1. The predicted molar refractivity (Wildman–Crippen MR) is 125 cm³/mol. The third-order valence-corrected chi connectivity index (χ3v) is 9.10. The minimum absolute atomic E-state index is 0.381. The maximum Gasteiger partial charge on any atom is 0.123 e. The monoisotopic (exact) mass is 416 g/mol. The van der Waals surface area contributed by atoms with Crippen LogP contribution in [0.25, 0.3) is 0 Å². The molecule has 3 aliphatic rings. The number of hydrogen-bond donors (Lipinski definition) is 0. The van der Waals surface area contributed by atoms with E-state index < -0.39 is 0 Å². The molecule has 0 unspecified atom stereocenters. The van der Waals surface area contributed by atoms with E-state index >= 15 is 0 Å². The Hall–Kier alpha value is -2.09. The molecule has 0 saturated heterocycles. The van der Waals surface area contributed by atoms with Gasteiger partial charge in [-0.3, -0.25) is 0 Å². The third kappa shape index (κ3) is 3.62. The van der Waals surface area contributed by atoms with Gasteiger partial charge < -0.3 is 9.53 Å². The topological polar surface area (TPSA) is 26.3 Å². The number of benzene rings is 2. The number of aryl methyl sites for hydroxylation is 2. The minimum atomic E-state index is 0.381. The van der Waals surface area contributed by atoms with Crippen molar-refractivity contribution in [3.8, 4) is 5.75 Å². The highest BCUT2D eigenvalue weighted by molar-refractivity contribution is 5.50. The highest BCUT2D eigenvalue weighted by Crippen LogP contribution is 2.63. The second-order valence-corrected chi connectivity index (χ2v) is 10.4. The molecular formula is C29H36O2. The molecule has 3 aliphatic carbocycles. The Kier molecular flexibility index (Phi) is 5.67. The largest absolute Gasteiger partial charge is 0.489 e. The molecule has 2 aromatic carbocycles. The first-order valence-electron chi connectivity index (χ1n) is 12.4. The zero-order valence-electron chi connectivity index (χ0n) is 19.1. The van der Waals surface area contributed by atoms with E-state index in [9.17, 15) is 4.79 Å². The zero-order chi connectivity index (χ0) is 21.4. The molecule has 2 aromatic rings. The molecule has 31 heavy (non-hydrogen) atoms. The Morgan fingerprint density at radius 2 is 1.94 bits per heavy atom. The maximum atomic E-state index is 11.3. The molecule has 0 N–H and O–H groups in total. The quantitative estimate of drug-likeness (QED) is 0.479. The molecule has 2 heteroatoms. The molecule has 0 aromatic heterocycles. The first kappa shape index (κ1) is 20.8. The predicted octanol–water partition coefficient (Wildman–Crippen LogP) is 6.89. The van der Waals surface area contributed by atoms with Crippen LogP contribution in [-0.4, -0.2) is 6.29 Å². The summed E-state index contributed by atoms with van der Waals surface area (Å²) < 4.78 is 6.31. The van der Waals surface area contributed by atoms with Crippen molar-refractivity contribution in [3.63, 3.8) is 0 Å². The number of aldehydes is 1. The Bertz CT molecular complexity index is 933. The Labute approximate surface area is 187 Å². The summed E-state index contributed by atoms with van der Waals surface area (Å²) in [6.45, 7) is 5.39. The standard InChI is InChI=1S/C29H36O2/c1-3-21-17-26-22(18-28(21)31-19-20-7-5-4-6-8-20)9-11-25-24(26)13-15-29(2)23(14-16-30)10-12-27(25)29/h4-8,16-18,23-25,27H,3,9-15,19H2,1-2H3/t23-,24+,25-,27+,29-/m1/s1. The summed E-state index contributed by atoms with van der Waals surface area (Å²) in [5.41, 5.74) is 6.09. The normalized spacial score (nSPS) is 31.4. The third-order valence-electron chi connectivity index (χ3n) is 9.10. The van der Waals surface area contributed by atoms with Gasteiger partial charge in [-0.15, -0.1) is 0 Å². The average Bonchev–Trinajstić information content (AvgIpc) is 3.14. The van der Waals surface area contributed by atoms with Gasteiger partial charge in [-0.25, -0.2) is 0 Å². The van der Waals surface area contributed by atoms with E-state index in [2.05, 4.69) is 56.3 Å². The van der Waals surface area contributed by atoms with E-state index in [1.165, 1.54) is 61.5 Å². The summed E-state index contributed by atoms with van der Waals surface area (Å²) in [6.07, 6.45) is 10.6. The summed E-state index contributed by atoms with van der Waals surface area (Å²) in [7, 11) is 0. The van der Waals surface area contributed by atoms with Crippen molar-refractivity contribution in [2.75, 3.05) is 0 Å². The van der Waals surface area contributed by atoms with Gasteiger partial charge in [0.15, 0.2) is 0 Å². The van der Waals surface area contributed by atoms with Gasteiger partial charge in [0, 0.05) is 6.42 Å². The maximum absolute atomic E-state index is 11.3. The Balaban J connectivity index is 1.39. The highest BCUT2D eigenvalue weighted by atomic mass is 16.5. The number of hydrogen-bond acceptors (Lipinski definition) is 2. The molecule has 164 valence electrons. The molecule has 2 saturated carbocycles. The number of fused-ring (bicyclic) bond motifs is 5. The first-order valence-corrected chi connectivity index (χ1v) is 12.4. The van der Waals surface area contributed by atoms with Gasteiger partial charge in [0.05, 0.1) is 0 Å². The fraction of sp³-hybridized carbons (Fsp3) is 0.552. The van der Waals surface area contributed by atoms with Crippen LogP contribution in [0.1, 0.15) is 80.5 Å². The van der Waals surface area contributed by atoms with Gasteiger partial charge in [-0.2, -0.15) is 0 Å². The van der Waals surface area contributed by atoms with Crippen LogP contribution >= 0.6 is 0 Å². The summed E-state index contributed by atoms with van der Waals surface area (Å²) in [6, 6.07) is 15.3. The molecule has 0 radical (unpaired) electrons. The smallest absolute Gasteiger partial charge is 0.123 e. The van der Waals surface area contributed by atoms with Crippen molar-refractivity contribution in [2.24, 2.45) is 23.2 Å². The molecule has 0 bridgehead atoms. The average molecular weight is 417 g/mol. The van der Waals surface area contributed by atoms with Crippen molar-refractivity contribution in [2.45, 2.75) is 77.7 Å². The van der Waals surface area contributed by atoms with Crippen molar-refractivity contribution < 1.29 is 9.53 Å². The molecule has 0 heterocycles. The molecule has 2 fully saturated rings. The molecule has 0 aliphatic heterocycles. The van der Waals surface area contributed by atoms with E-state index in [0.29, 0.717) is 23.9 Å². The molecule has 5 rings (SSSR count). The molecule has 2 nitrogen and oxygen atoms in total. The fourth-order valence-corrected chi connectivity index (χ4v) is 7.40. The lowest BCUT2D eigenvalue weighted by molar-refractivity contribution is -0.109. The van der Waals surface area contributed by atoms with E-state index in [0.717, 1.165) is 30.4 Å². The van der Waals surface area contributed by atoms with E-state index in [1.807, 2.05) is 0 Å². The lowest BCUT2D eigenvalue weighted by Gasteiger charge is -2.51. The highest BCUT2D eigenvalue weighted by Gasteiger charge is 2.54. The van der Waals surface area contributed by atoms with E-state index in [4.69, 9.17) is 4.74 Å². The Morgan fingerprint density at radius 3 is 2.71 bits per heavy atom. The van der Waals surface area contributed by atoms with Crippen molar-refractivity contribution in [1.29, 1.82) is 0 Å². The van der Waals surface area contributed by atoms with Gasteiger partial charge in [-0.05, 0) is 102 Å². The molecule has 0 spiro atoms. The fourth-order valence-electron chi connectivity index (χ4n) is 7.40. The summed E-state index contributed by atoms with van der Waals surface area (Å²) in [5.74, 6) is 3.98. The van der Waals surface area contributed by atoms with Gasteiger partial charge in [0.25, 0.3) is 0 Å². The van der Waals surface area contributed by atoms with E-state index in [-0.39, 0.29) is 0 Å². The zero-order valence-corrected chi connectivity index (χ0v) is 19.1. The van der Waals surface area contributed by atoms with Crippen LogP contribution in [0.2, 0.25) is 0 Å². The van der Waals surface area contributed by atoms with Crippen molar-refractivity contribution >= 4 is 6.29 Å². The van der Waals surface area contributed by atoms with Crippen LogP contribution in [0, 0.1) is 23.2 Å². The van der Waals surface area contributed by atoms with Gasteiger partial charge >= 0.3 is 0 Å². The number of ether oxygens (including phenoxy) is 1. The van der Waals surface area contributed by atoms with Gasteiger partial charge in [-0.1, -0.05) is 50.2 Å². The molecular weight excluding hydrogens is 380 g/mol. The van der Waals surface area contributed by atoms with Gasteiger partial charge in [0.1, 0.15) is 18.6 Å². The Morgan fingerprint density at radius 1 is 1.10 bits per heavy atom. The summed E-state index contributed by atoms with van der Waals surface area (Å²) >= 11 is 0. The van der Waals surface area contributed by atoms with Crippen LogP contribution in [0.3, 0.4) is 0 Å². The van der Waals surface area contributed by atoms with Crippen LogP contribution in [0.15, 0.2) is 42.5 Å². The first-order chi connectivity index (χ1) is 15.1. The van der Waals surface area contributed by atoms with Gasteiger partial charge in [0.2, 0.25) is 0 Å². The lowest BCUT2D eigenvalue weighted by atomic mass is 9.54. The van der Waals surface area contributed by atoms with Crippen molar-refractivity contribution in [3.05, 3.63) is 64.7 Å². The second-order valence-electron chi connectivity index (χ2n) is 10.4. The number of rotatable bonds is 6. The second kappa shape index (κ2) is 8.45. The van der Waals surface area contributed by atoms with Crippen LogP contribution in [0.4, 0.5) is 0 Å². The minimum Gasteiger partial charge on any atom is -0.489 e. The molecule has 5 atom stereocenters. The van der Waals surface area contributed by atoms with Crippen LogP contribution in [-0.2, 0) is 24.2 Å². The summed E-state index contributed by atoms with van der Waals surface area (Å²) in [5, 5.41) is 0. The molecule has 0 amide bonds. The summed E-state index contributed by atoms with van der Waals surface area (Å²) in [4.78, 5) is 11.3. The van der Waals surface area contributed by atoms with Crippen LogP contribution in [0.5, 0.6) is 5.75 Å². The van der Waals surface area contributed by atoms with E-state index in [1.54, 1.807) is 5.56 Å². The lowest BCUT2D eigenvalue weighted by Crippen LogP contribution is -2.42. The van der Waals surface area contributed by atoms with Crippen LogP contribution < -0.4 is 4.74 Å². The SMILES string of the molecule is CCc1cc2c(cc1OCc1ccccc1)CC[C@@H]1[C@@H]2CC[C@]2(C)[C@@H](CC=O)CC[C@@H]12.